The largest absolute Gasteiger partial charge is 0.340 e. The van der Waals surface area contributed by atoms with E-state index in [1.165, 1.54) is 11.8 Å². The van der Waals surface area contributed by atoms with Crippen LogP contribution in [0.4, 0.5) is 4.79 Å². The number of aryl methyl sites for hydroxylation is 1. The molecule has 0 radical (unpaired) electrons. The molecule has 5 nitrogen and oxygen atoms in total. The monoisotopic (exact) mass is 276 g/mol. The average Bonchev–Trinajstić information content (AvgIpc) is 2.82. The number of carbonyl (C=O) groups is 1. The maximum atomic E-state index is 12.0. The van der Waals surface area contributed by atoms with E-state index >= 15 is 0 Å². The number of hydrogen-bond acceptors (Lipinski definition) is 4. The highest BCUT2D eigenvalue weighted by Crippen LogP contribution is 2.34. The molecule has 0 bridgehead atoms. The molecule has 2 rings (SSSR count). The number of carbonyl (C=O) groups excluding carboxylic acids is 1. The molecule has 0 N–H and O–H groups in total. The van der Waals surface area contributed by atoms with Crippen LogP contribution in [0.5, 0.6) is 0 Å². The van der Waals surface area contributed by atoms with E-state index in [1.807, 2.05) is 36.0 Å². The van der Waals surface area contributed by atoms with Crippen molar-refractivity contribution in [1.29, 1.82) is 0 Å². The van der Waals surface area contributed by atoms with Crippen molar-refractivity contribution >= 4 is 17.0 Å². The number of rotatable bonds is 3. The lowest BCUT2D eigenvalue weighted by molar-refractivity contribution is 0.241. The maximum Gasteiger partial charge on any atom is 0.282 e. The maximum absolute atomic E-state index is 12.0. The molecule has 0 aliphatic rings. The lowest BCUT2D eigenvalue weighted by Gasteiger charge is -2.17. The number of amides is 1. The van der Waals surface area contributed by atoms with Gasteiger partial charge in [0.05, 0.1) is 5.69 Å². The van der Waals surface area contributed by atoms with Gasteiger partial charge in [-0.3, -0.25) is 9.78 Å². The summed E-state index contributed by atoms with van der Waals surface area (Å²) in [6.07, 6.45) is 5.32. The normalized spacial score (nSPS) is 12.2. The van der Waals surface area contributed by atoms with Gasteiger partial charge in [-0.15, -0.1) is 0 Å². The number of aromatic nitrogens is 3. The molecule has 6 heteroatoms. The van der Waals surface area contributed by atoms with Crippen LogP contribution in [-0.4, -0.2) is 38.8 Å². The van der Waals surface area contributed by atoms with Crippen molar-refractivity contribution < 1.29 is 4.79 Å². The van der Waals surface area contributed by atoms with Crippen LogP contribution >= 0.6 is 11.8 Å². The van der Waals surface area contributed by atoms with Gasteiger partial charge in [-0.1, -0.05) is 6.07 Å². The fourth-order valence-electron chi connectivity index (χ4n) is 1.61. The Morgan fingerprint density at radius 3 is 2.63 bits per heavy atom. The van der Waals surface area contributed by atoms with Crippen molar-refractivity contribution in [3.8, 4) is 0 Å². The summed E-state index contributed by atoms with van der Waals surface area (Å²) in [6, 6.07) is 5.69. The van der Waals surface area contributed by atoms with Gasteiger partial charge in [-0.25, -0.2) is 4.98 Å². The van der Waals surface area contributed by atoms with Crippen LogP contribution in [0.3, 0.4) is 0 Å². The van der Waals surface area contributed by atoms with E-state index in [9.17, 15) is 4.79 Å². The number of pyridine rings is 1. The van der Waals surface area contributed by atoms with Gasteiger partial charge in [0.2, 0.25) is 0 Å². The zero-order valence-electron chi connectivity index (χ0n) is 11.1. The third-order valence-electron chi connectivity index (χ3n) is 2.63. The lowest BCUT2D eigenvalue weighted by atomic mass is 10.2. The molecule has 0 aliphatic heterocycles. The topological polar surface area (TPSA) is 51.0 Å². The highest BCUT2D eigenvalue weighted by molar-refractivity contribution is 8.13. The SMILES string of the molecule is CN(C)C(=O)SC(c1ccccn1)c1nccn1C. The van der Waals surface area contributed by atoms with E-state index in [0.29, 0.717) is 0 Å². The van der Waals surface area contributed by atoms with Gasteiger partial charge in [0, 0.05) is 39.7 Å². The molecular formula is C13H16N4OS. The quantitative estimate of drug-likeness (QED) is 0.863. The Morgan fingerprint density at radius 1 is 1.32 bits per heavy atom. The summed E-state index contributed by atoms with van der Waals surface area (Å²) in [7, 11) is 5.39. The van der Waals surface area contributed by atoms with Gasteiger partial charge in [0.25, 0.3) is 5.24 Å². The zero-order chi connectivity index (χ0) is 13.8. The summed E-state index contributed by atoms with van der Waals surface area (Å²) in [5.74, 6) is 0.818. The van der Waals surface area contributed by atoms with Crippen LogP contribution in [0.15, 0.2) is 36.8 Å². The van der Waals surface area contributed by atoms with Crippen LogP contribution in [-0.2, 0) is 7.05 Å². The molecule has 100 valence electrons. The number of hydrogen-bond donors (Lipinski definition) is 0. The van der Waals surface area contributed by atoms with E-state index in [-0.39, 0.29) is 10.5 Å². The summed E-state index contributed by atoms with van der Waals surface area (Å²) < 4.78 is 1.91. The van der Waals surface area contributed by atoms with Crippen molar-refractivity contribution in [3.05, 3.63) is 48.3 Å². The standard InChI is InChI=1S/C13H16N4OS/c1-16(2)13(18)19-11(10-6-4-5-7-14-10)12-15-8-9-17(12)3/h4-9,11H,1-3H3. The van der Waals surface area contributed by atoms with Gasteiger partial charge in [-0.05, 0) is 23.9 Å². The number of thioether (sulfide) groups is 1. The van der Waals surface area contributed by atoms with Gasteiger partial charge < -0.3 is 9.47 Å². The fraction of sp³-hybridized carbons (Fsp3) is 0.308. The number of imidazole rings is 1. The molecule has 0 aromatic carbocycles. The molecule has 2 aromatic heterocycles. The molecule has 0 aliphatic carbocycles. The Balaban J connectivity index is 2.35. The third kappa shape index (κ3) is 3.14. The highest BCUT2D eigenvalue weighted by Gasteiger charge is 2.24. The van der Waals surface area contributed by atoms with E-state index in [4.69, 9.17) is 0 Å². The Labute approximate surface area is 116 Å². The van der Waals surface area contributed by atoms with Crippen LogP contribution in [0.25, 0.3) is 0 Å². The Hall–Kier alpha value is -1.82. The van der Waals surface area contributed by atoms with E-state index < -0.39 is 0 Å². The minimum atomic E-state index is -0.198. The molecule has 0 fully saturated rings. The van der Waals surface area contributed by atoms with Crippen LogP contribution in [0.2, 0.25) is 0 Å². The zero-order valence-corrected chi connectivity index (χ0v) is 12.0. The van der Waals surface area contributed by atoms with Crippen LogP contribution in [0, 0.1) is 0 Å². The molecule has 1 atom stereocenters. The second-order valence-corrected chi connectivity index (χ2v) is 5.37. The predicted molar refractivity (Wildman–Crippen MR) is 76.0 cm³/mol. The predicted octanol–water partition coefficient (Wildman–Crippen LogP) is 2.32. The average molecular weight is 276 g/mol. The Kier molecular flexibility index (Phi) is 4.21. The van der Waals surface area contributed by atoms with E-state index in [2.05, 4.69) is 9.97 Å². The first-order valence-corrected chi connectivity index (χ1v) is 6.73. The van der Waals surface area contributed by atoms with Gasteiger partial charge >= 0.3 is 0 Å². The summed E-state index contributed by atoms with van der Waals surface area (Å²) in [5, 5.41) is -0.213. The first-order valence-electron chi connectivity index (χ1n) is 5.85. The van der Waals surface area contributed by atoms with Crippen molar-refractivity contribution in [2.24, 2.45) is 7.05 Å². The molecule has 1 unspecified atom stereocenters. The summed E-state index contributed by atoms with van der Waals surface area (Å²) in [4.78, 5) is 22.2. The molecule has 0 saturated heterocycles. The van der Waals surface area contributed by atoms with Crippen molar-refractivity contribution in [2.45, 2.75) is 5.25 Å². The molecule has 19 heavy (non-hydrogen) atoms. The number of nitrogens with zero attached hydrogens (tertiary/aromatic N) is 4. The van der Waals surface area contributed by atoms with Crippen molar-refractivity contribution in [3.63, 3.8) is 0 Å². The Morgan fingerprint density at radius 2 is 2.11 bits per heavy atom. The second kappa shape index (κ2) is 5.88. The highest BCUT2D eigenvalue weighted by atomic mass is 32.2. The van der Waals surface area contributed by atoms with Crippen molar-refractivity contribution in [2.75, 3.05) is 14.1 Å². The fourth-order valence-corrected chi connectivity index (χ4v) is 2.62. The van der Waals surface area contributed by atoms with Gasteiger partial charge in [-0.2, -0.15) is 0 Å². The molecule has 2 heterocycles. The first kappa shape index (κ1) is 13.6. The summed E-state index contributed by atoms with van der Waals surface area (Å²) in [5.41, 5.74) is 0.831. The smallest absolute Gasteiger partial charge is 0.282 e. The minimum absolute atomic E-state index is 0.0151. The second-order valence-electron chi connectivity index (χ2n) is 4.31. The minimum Gasteiger partial charge on any atom is -0.340 e. The molecular weight excluding hydrogens is 260 g/mol. The first-order chi connectivity index (χ1) is 9.09. The van der Waals surface area contributed by atoms with Gasteiger partial charge in [0.1, 0.15) is 11.1 Å². The molecule has 2 aromatic rings. The van der Waals surface area contributed by atoms with Gasteiger partial charge in [0.15, 0.2) is 0 Å². The van der Waals surface area contributed by atoms with E-state index in [0.717, 1.165) is 11.5 Å². The summed E-state index contributed by atoms with van der Waals surface area (Å²) in [6.45, 7) is 0. The summed E-state index contributed by atoms with van der Waals surface area (Å²) >= 11 is 1.22. The van der Waals surface area contributed by atoms with Crippen LogP contribution in [0.1, 0.15) is 16.8 Å². The molecule has 1 amide bonds. The van der Waals surface area contributed by atoms with Crippen LogP contribution < -0.4 is 0 Å². The Bertz CT molecular complexity index is 553. The lowest BCUT2D eigenvalue weighted by Crippen LogP contribution is -2.19. The molecule has 0 saturated carbocycles. The molecule has 0 spiro atoms. The van der Waals surface area contributed by atoms with Crippen molar-refractivity contribution in [1.82, 2.24) is 19.4 Å². The third-order valence-corrected chi connectivity index (χ3v) is 3.89. The van der Waals surface area contributed by atoms with E-state index in [1.54, 1.807) is 31.4 Å².